The number of pyridine rings is 1. The molecular weight excluding hydrogens is 248 g/mol. The van der Waals surface area contributed by atoms with E-state index in [0.717, 1.165) is 31.7 Å². The standard InChI is InChI=1S/C17H20N2O/c1-2-12(1)17-15-7-10-19-11-13(15)3-4-16(17)20-14-5-8-18-9-6-14/h3-4,7,10-12,14,18H,1-2,5-6,8-9H2. The molecule has 2 aliphatic rings. The molecule has 1 aliphatic heterocycles. The van der Waals surface area contributed by atoms with Crippen molar-refractivity contribution < 1.29 is 4.74 Å². The third kappa shape index (κ3) is 2.27. The molecule has 2 heterocycles. The first-order chi connectivity index (χ1) is 9.92. The number of hydrogen-bond donors (Lipinski definition) is 1. The maximum absolute atomic E-state index is 6.34. The number of nitrogens with zero attached hydrogens (tertiary/aromatic N) is 1. The van der Waals surface area contributed by atoms with Crippen LogP contribution in [0.5, 0.6) is 5.75 Å². The molecule has 0 amide bonds. The average Bonchev–Trinajstić information content (AvgIpc) is 3.33. The Morgan fingerprint density at radius 3 is 2.70 bits per heavy atom. The Kier molecular flexibility index (Phi) is 3.07. The maximum atomic E-state index is 6.34. The summed E-state index contributed by atoms with van der Waals surface area (Å²) >= 11 is 0. The third-order valence-electron chi connectivity index (χ3n) is 4.39. The number of hydrogen-bond acceptors (Lipinski definition) is 3. The molecule has 1 aromatic carbocycles. The summed E-state index contributed by atoms with van der Waals surface area (Å²) in [6.45, 7) is 2.14. The van der Waals surface area contributed by atoms with E-state index >= 15 is 0 Å². The Morgan fingerprint density at radius 1 is 1.05 bits per heavy atom. The molecule has 0 bridgehead atoms. The fraction of sp³-hybridized carbons (Fsp3) is 0.471. The predicted molar refractivity (Wildman–Crippen MR) is 80.2 cm³/mol. The van der Waals surface area contributed by atoms with Crippen LogP contribution < -0.4 is 10.1 Å². The molecular formula is C17H20N2O. The van der Waals surface area contributed by atoms with E-state index in [9.17, 15) is 0 Å². The summed E-state index contributed by atoms with van der Waals surface area (Å²) in [6.07, 6.45) is 9.02. The van der Waals surface area contributed by atoms with Gasteiger partial charge in [-0.1, -0.05) is 0 Å². The average molecular weight is 268 g/mol. The highest BCUT2D eigenvalue weighted by molar-refractivity contribution is 5.87. The van der Waals surface area contributed by atoms with Gasteiger partial charge in [-0.3, -0.25) is 4.98 Å². The lowest BCUT2D eigenvalue weighted by atomic mass is 10.0. The van der Waals surface area contributed by atoms with Crippen LogP contribution >= 0.6 is 0 Å². The van der Waals surface area contributed by atoms with E-state index in [0.29, 0.717) is 12.0 Å². The summed E-state index contributed by atoms with van der Waals surface area (Å²) in [5, 5.41) is 5.95. The summed E-state index contributed by atoms with van der Waals surface area (Å²) in [4.78, 5) is 4.23. The van der Waals surface area contributed by atoms with E-state index < -0.39 is 0 Å². The molecule has 3 nitrogen and oxygen atoms in total. The maximum Gasteiger partial charge on any atom is 0.123 e. The monoisotopic (exact) mass is 268 g/mol. The molecule has 0 radical (unpaired) electrons. The molecule has 0 unspecified atom stereocenters. The van der Waals surface area contributed by atoms with Crippen LogP contribution in [0.2, 0.25) is 0 Å². The van der Waals surface area contributed by atoms with Gasteiger partial charge in [0, 0.05) is 23.3 Å². The van der Waals surface area contributed by atoms with Gasteiger partial charge in [0.05, 0.1) is 0 Å². The number of benzene rings is 1. The van der Waals surface area contributed by atoms with E-state index in [1.807, 2.05) is 12.4 Å². The summed E-state index contributed by atoms with van der Waals surface area (Å²) in [5.74, 6) is 1.80. The SMILES string of the molecule is c1cc2c(C3CC3)c(OC3CCNCC3)ccc2cn1. The number of fused-ring (bicyclic) bond motifs is 1. The fourth-order valence-electron chi connectivity index (χ4n) is 3.16. The minimum absolute atomic E-state index is 0.369. The minimum Gasteiger partial charge on any atom is -0.490 e. The first-order valence-electron chi connectivity index (χ1n) is 7.66. The highest BCUT2D eigenvalue weighted by Crippen LogP contribution is 2.47. The Morgan fingerprint density at radius 2 is 1.90 bits per heavy atom. The van der Waals surface area contributed by atoms with Gasteiger partial charge in [-0.15, -0.1) is 0 Å². The van der Waals surface area contributed by atoms with Gasteiger partial charge in [0.15, 0.2) is 0 Å². The van der Waals surface area contributed by atoms with E-state index in [1.165, 1.54) is 29.2 Å². The van der Waals surface area contributed by atoms with Gasteiger partial charge in [0.25, 0.3) is 0 Å². The van der Waals surface area contributed by atoms with E-state index in [-0.39, 0.29) is 0 Å². The molecule has 1 aliphatic carbocycles. The van der Waals surface area contributed by atoms with Crippen LogP contribution in [0.1, 0.15) is 37.2 Å². The van der Waals surface area contributed by atoms with Crippen molar-refractivity contribution in [3.8, 4) is 5.75 Å². The second kappa shape index (κ2) is 5.06. The van der Waals surface area contributed by atoms with Crippen LogP contribution in [0, 0.1) is 0 Å². The largest absolute Gasteiger partial charge is 0.490 e. The lowest BCUT2D eigenvalue weighted by molar-refractivity contribution is 0.161. The Labute approximate surface area is 119 Å². The molecule has 20 heavy (non-hydrogen) atoms. The zero-order chi connectivity index (χ0) is 13.4. The third-order valence-corrected chi connectivity index (χ3v) is 4.39. The topological polar surface area (TPSA) is 34.1 Å². The molecule has 1 aromatic heterocycles. The molecule has 0 atom stereocenters. The molecule has 104 valence electrons. The second-order valence-corrected chi connectivity index (χ2v) is 5.92. The first-order valence-corrected chi connectivity index (χ1v) is 7.66. The van der Waals surface area contributed by atoms with E-state index in [4.69, 9.17) is 4.74 Å². The van der Waals surface area contributed by atoms with Crippen molar-refractivity contribution in [1.82, 2.24) is 10.3 Å². The van der Waals surface area contributed by atoms with Gasteiger partial charge in [0.2, 0.25) is 0 Å². The highest BCUT2D eigenvalue weighted by Gasteiger charge is 2.29. The Balaban J connectivity index is 1.72. The number of piperidine rings is 1. The number of nitrogens with one attached hydrogen (secondary N) is 1. The smallest absolute Gasteiger partial charge is 0.123 e. The van der Waals surface area contributed by atoms with Crippen LogP contribution in [0.3, 0.4) is 0 Å². The van der Waals surface area contributed by atoms with E-state index in [2.05, 4.69) is 28.5 Å². The van der Waals surface area contributed by atoms with Crippen LogP contribution in [0.25, 0.3) is 10.8 Å². The Bertz CT molecular complexity index is 615. The van der Waals surface area contributed by atoms with E-state index in [1.54, 1.807) is 0 Å². The van der Waals surface area contributed by atoms with Crippen LogP contribution in [-0.4, -0.2) is 24.2 Å². The predicted octanol–water partition coefficient (Wildman–Crippen LogP) is 3.24. The number of ether oxygens (including phenoxy) is 1. The second-order valence-electron chi connectivity index (χ2n) is 5.92. The molecule has 3 heteroatoms. The summed E-state index contributed by atoms with van der Waals surface area (Å²) < 4.78 is 6.34. The van der Waals surface area contributed by atoms with Gasteiger partial charge in [0.1, 0.15) is 11.9 Å². The van der Waals surface area contributed by atoms with Crippen molar-refractivity contribution in [2.75, 3.05) is 13.1 Å². The summed E-state index contributed by atoms with van der Waals surface area (Å²) in [5.41, 5.74) is 1.42. The first kappa shape index (κ1) is 12.2. The lowest BCUT2D eigenvalue weighted by Gasteiger charge is -2.25. The highest BCUT2D eigenvalue weighted by atomic mass is 16.5. The van der Waals surface area contributed by atoms with Crippen molar-refractivity contribution in [2.45, 2.75) is 37.7 Å². The molecule has 1 N–H and O–H groups in total. The summed E-state index contributed by atoms with van der Waals surface area (Å²) in [7, 11) is 0. The van der Waals surface area contributed by atoms with Crippen LogP contribution in [0.4, 0.5) is 0 Å². The molecule has 2 fully saturated rings. The Hall–Kier alpha value is -1.61. The van der Waals surface area contributed by atoms with Gasteiger partial charge in [-0.05, 0) is 68.3 Å². The van der Waals surface area contributed by atoms with Gasteiger partial charge < -0.3 is 10.1 Å². The lowest BCUT2D eigenvalue weighted by Crippen LogP contribution is -2.34. The van der Waals surface area contributed by atoms with Crippen molar-refractivity contribution in [3.05, 3.63) is 36.2 Å². The zero-order valence-corrected chi connectivity index (χ0v) is 11.6. The van der Waals surface area contributed by atoms with Gasteiger partial charge >= 0.3 is 0 Å². The van der Waals surface area contributed by atoms with Crippen molar-refractivity contribution in [1.29, 1.82) is 0 Å². The molecule has 1 saturated heterocycles. The molecule has 1 saturated carbocycles. The van der Waals surface area contributed by atoms with Crippen molar-refractivity contribution in [3.63, 3.8) is 0 Å². The molecule has 2 aromatic rings. The van der Waals surface area contributed by atoms with Crippen molar-refractivity contribution in [2.24, 2.45) is 0 Å². The molecule has 0 spiro atoms. The fourth-order valence-corrected chi connectivity index (χ4v) is 3.16. The zero-order valence-electron chi connectivity index (χ0n) is 11.6. The van der Waals surface area contributed by atoms with Crippen molar-refractivity contribution >= 4 is 10.8 Å². The van der Waals surface area contributed by atoms with Gasteiger partial charge in [-0.25, -0.2) is 0 Å². The number of rotatable bonds is 3. The number of aromatic nitrogens is 1. The molecule has 4 rings (SSSR count). The summed E-state index contributed by atoms with van der Waals surface area (Å²) in [6, 6.07) is 6.43. The van der Waals surface area contributed by atoms with Crippen LogP contribution in [-0.2, 0) is 0 Å². The van der Waals surface area contributed by atoms with Crippen LogP contribution in [0.15, 0.2) is 30.6 Å². The van der Waals surface area contributed by atoms with Gasteiger partial charge in [-0.2, -0.15) is 0 Å². The quantitative estimate of drug-likeness (QED) is 0.928. The minimum atomic E-state index is 0.369. The normalized spacial score (nSPS) is 20.2.